The van der Waals surface area contributed by atoms with Gasteiger partial charge in [-0.3, -0.25) is 14.9 Å². The molecule has 0 aliphatic rings. The zero-order chi connectivity index (χ0) is 18.6. The molecule has 0 saturated heterocycles. The minimum absolute atomic E-state index is 0.0254. The Balaban J connectivity index is 2.01. The summed E-state index contributed by atoms with van der Waals surface area (Å²) < 4.78 is 17.7. The molecule has 2 aromatic rings. The molecule has 0 aliphatic carbocycles. The number of anilines is 2. The first kappa shape index (κ1) is 18.1. The van der Waals surface area contributed by atoms with E-state index in [1.165, 1.54) is 12.1 Å². The Morgan fingerprint density at radius 2 is 2.00 bits per heavy atom. The first-order valence-electron chi connectivity index (χ1n) is 6.74. The third-order valence-electron chi connectivity index (χ3n) is 3.01. The van der Waals surface area contributed by atoms with Gasteiger partial charge in [-0.15, -0.1) is 0 Å². The summed E-state index contributed by atoms with van der Waals surface area (Å²) in [5.74, 6) is -2.30. The van der Waals surface area contributed by atoms with E-state index in [2.05, 4.69) is 5.32 Å². The molecule has 0 aliphatic heterocycles. The van der Waals surface area contributed by atoms with E-state index in [0.29, 0.717) is 0 Å². The topological polar surface area (TPSA) is 125 Å². The summed E-state index contributed by atoms with van der Waals surface area (Å²) in [6.45, 7) is -0.686. The number of non-ortho nitro benzene ring substituents is 1. The van der Waals surface area contributed by atoms with Gasteiger partial charge >= 0.3 is 5.97 Å². The fourth-order valence-corrected chi connectivity index (χ4v) is 2.04. The molecule has 0 radical (unpaired) electrons. The summed E-state index contributed by atoms with van der Waals surface area (Å²) in [4.78, 5) is 33.7. The maximum Gasteiger partial charge on any atom is 0.341 e. The third-order valence-corrected chi connectivity index (χ3v) is 3.32. The van der Waals surface area contributed by atoms with Crippen molar-refractivity contribution in [2.24, 2.45) is 0 Å². The lowest BCUT2D eigenvalue weighted by molar-refractivity contribution is -0.384. The Labute approximate surface area is 145 Å². The molecule has 0 aromatic heterocycles. The highest BCUT2D eigenvalue weighted by atomic mass is 35.5. The van der Waals surface area contributed by atoms with Crippen molar-refractivity contribution in [2.45, 2.75) is 0 Å². The van der Waals surface area contributed by atoms with Gasteiger partial charge in [0.05, 0.1) is 21.2 Å². The molecule has 2 aromatic carbocycles. The number of rotatable bonds is 5. The van der Waals surface area contributed by atoms with Gasteiger partial charge in [-0.05, 0) is 24.3 Å². The molecular formula is C15H11ClFN3O5. The predicted octanol–water partition coefficient (Wildman–Crippen LogP) is 2.77. The number of carbonyl (C=O) groups is 2. The highest BCUT2D eigenvalue weighted by Crippen LogP contribution is 2.23. The molecule has 0 fully saturated rings. The minimum Gasteiger partial charge on any atom is -0.452 e. The van der Waals surface area contributed by atoms with E-state index < -0.39 is 29.2 Å². The molecule has 8 nitrogen and oxygen atoms in total. The fraction of sp³-hybridized carbons (Fsp3) is 0.0667. The van der Waals surface area contributed by atoms with Gasteiger partial charge in [0.1, 0.15) is 5.82 Å². The molecule has 130 valence electrons. The summed E-state index contributed by atoms with van der Waals surface area (Å²) in [5.41, 5.74) is 5.11. The second-order valence-electron chi connectivity index (χ2n) is 4.78. The maximum absolute atomic E-state index is 12.9. The van der Waals surface area contributed by atoms with Crippen molar-refractivity contribution in [3.63, 3.8) is 0 Å². The van der Waals surface area contributed by atoms with Crippen LogP contribution in [-0.2, 0) is 9.53 Å². The van der Waals surface area contributed by atoms with Gasteiger partial charge in [-0.2, -0.15) is 0 Å². The van der Waals surface area contributed by atoms with Crippen molar-refractivity contribution in [2.75, 3.05) is 17.7 Å². The first-order chi connectivity index (χ1) is 11.8. The highest BCUT2D eigenvalue weighted by Gasteiger charge is 2.18. The number of nitro groups is 1. The standard InChI is InChI=1S/C15H11ClFN3O5/c16-11-5-8(17)1-4-13(11)19-14(21)7-25-15(22)10-6-9(20(23)24)2-3-12(10)18/h1-6H,7,18H2,(H,19,21). The smallest absolute Gasteiger partial charge is 0.341 e. The van der Waals surface area contributed by atoms with Crippen molar-refractivity contribution in [3.8, 4) is 0 Å². The van der Waals surface area contributed by atoms with Crippen LogP contribution in [0.2, 0.25) is 5.02 Å². The number of hydrogen-bond acceptors (Lipinski definition) is 6. The summed E-state index contributed by atoms with van der Waals surface area (Å²) in [6, 6.07) is 6.62. The van der Waals surface area contributed by atoms with E-state index in [-0.39, 0.29) is 27.6 Å². The van der Waals surface area contributed by atoms with Gasteiger partial charge in [0.15, 0.2) is 6.61 Å². The number of ether oxygens (including phenoxy) is 1. The van der Waals surface area contributed by atoms with Crippen LogP contribution in [0, 0.1) is 15.9 Å². The van der Waals surface area contributed by atoms with Crippen LogP contribution in [0.4, 0.5) is 21.5 Å². The lowest BCUT2D eigenvalue weighted by Gasteiger charge is -2.09. The van der Waals surface area contributed by atoms with Gasteiger partial charge < -0.3 is 15.8 Å². The lowest BCUT2D eigenvalue weighted by atomic mass is 10.1. The van der Waals surface area contributed by atoms with E-state index in [1.807, 2.05) is 0 Å². The monoisotopic (exact) mass is 367 g/mol. The van der Waals surface area contributed by atoms with Crippen LogP contribution < -0.4 is 11.1 Å². The quantitative estimate of drug-likeness (QED) is 0.362. The van der Waals surface area contributed by atoms with Gasteiger partial charge in [0.25, 0.3) is 11.6 Å². The van der Waals surface area contributed by atoms with Crippen LogP contribution in [0.5, 0.6) is 0 Å². The molecule has 0 atom stereocenters. The van der Waals surface area contributed by atoms with E-state index in [1.54, 1.807) is 0 Å². The Morgan fingerprint density at radius 1 is 1.28 bits per heavy atom. The van der Waals surface area contributed by atoms with Crippen LogP contribution in [0.25, 0.3) is 0 Å². The molecule has 2 rings (SSSR count). The average molecular weight is 368 g/mol. The SMILES string of the molecule is Nc1ccc([N+](=O)[O-])cc1C(=O)OCC(=O)Nc1ccc(F)cc1Cl. The number of nitrogens with one attached hydrogen (secondary N) is 1. The second kappa shape index (κ2) is 7.58. The molecular weight excluding hydrogens is 357 g/mol. The Kier molecular flexibility index (Phi) is 5.50. The number of hydrogen-bond donors (Lipinski definition) is 2. The zero-order valence-electron chi connectivity index (χ0n) is 12.5. The van der Waals surface area contributed by atoms with Crippen molar-refractivity contribution < 1.29 is 23.6 Å². The molecule has 0 spiro atoms. The van der Waals surface area contributed by atoms with Crippen molar-refractivity contribution in [1.82, 2.24) is 0 Å². The van der Waals surface area contributed by atoms with Gasteiger partial charge in [0, 0.05) is 17.8 Å². The highest BCUT2D eigenvalue weighted by molar-refractivity contribution is 6.33. The van der Waals surface area contributed by atoms with Gasteiger partial charge in [0.2, 0.25) is 0 Å². The Bertz CT molecular complexity index is 859. The minimum atomic E-state index is -0.999. The first-order valence-corrected chi connectivity index (χ1v) is 7.11. The molecule has 10 heteroatoms. The molecule has 0 unspecified atom stereocenters. The lowest BCUT2D eigenvalue weighted by Crippen LogP contribution is -2.21. The maximum atomic E-state index is 12.9. The number of halogens is 2. The van der Waals surface area contributed by atoms with Crippen molar-refractivity contribution in [3.05, 3.63) is 62.9 Å². The van der Waals surface area contributed by atoms with Crippen LogP contribution in [0.15, 0.2) is 36.4 Å². The number of nitrogens with two attached hydrogens (primary N) is 1. The third kappa shape index (κ3) is 4.64. The van der Waals surface area contributed by atoms with Crippen LogP contribution in [0.1, 0.15) is 10.4 Å². The molecule has 25 heavy (non-hydrogen) atoms. The number of amides is 1. The zero-order valence-corrected chi connectivity index (χ0v) is 13.2. The van der Waals surface area contributed by atoms with E-state index in [9.17, 15) is 24.1 Å². The number of benzene rings is 2. The number of nitro benzene ring substituents is 1. The summed E-state index contributed by atoms with van der Waals surface area (Å²) in [7, 11) is 0. The Hall–Kier alpha value is -3.20. The normalized spacial score (nSPS) is 10.2. The summed E-state index contributed by atoms with van der Waals surface area (Å²) in [6.07, 6.45) is 0. The number of nitrogens with zero attached hydrogens (tertiary/aromatic N) is 1. The fourth-order valence-electron chi connectivity index (χ4n) is 1.82. The molecule has 3 N–H and O–H groups in total. The van der Waals surface area contributed by atoms with Crippen LogP contribution >= 0.6 is 11.6 Å². The van der Waals surface area contributed by atoms with Crippen molar-refractivity contribution in [1.29, 1.82) is 0 Å². The number of carbonyl (C=O) groups excluding carboxylic acids is 2. The van der Waals surface area contributed by atoms with Gasteiger partial charge in [-0.25, -0.2) is 9.18 Å². The summed E-state index contributed by atoms with van der Waals surface area (Å²) in [5, 5.41) is 13.0. The van der Waals surface area contributed by atoms with Gasteiger partial charge in [-0.1, -0.05) is 11.6 Å². The van der Waals surface area contributed by atoms with Crippen LogP contribution in [-0.4, -0.2) is 23.4 Å². The molecule has 0 saturated carbocycles. The average Bonchev–Trinajstić information content (AvgIpc) is 2.55. The second-order valence-corrected chi connectivity index (χ2v) is 5.18. The number of esters is 1. The Morgan fingerprint density at radius 3 is 2.64 bits per heavy atom. The molecule has 0 bridgehead atoms. The van der Waals surface area contributed by atoms with E-state index in [4.69, 9.17) is 22.1 Å². The van der Waals surface area contributed by atoms with E-state index >= 15 is 0 Å². The summed E-state index contributed by atoms with van der Waals surface area (Å²) >= 11 is 5.76. The largest absolute Gasteiger partial charge is 0.452 e. The van der Waals surface area contributed by atoms with E-state index in [0.717, 1.165) is 24.3 Å². The molecule has 1 amide bonds. The van der Waals surface area contributed by atoms with Crippen molar-refractivity contribution >= 4 is 40.5 Å². The van der Waals surface area contributed by atoms with Crippen LogP contribution in [0.3, 0.4) is 0 Å². The molecule has 0 heterocycles. The number of nitrogen functional groups attached to an aromatic ring is 1. The predicted molar refractivity (Wildman–Crippen MR) is 87.8 cm³/mol.